The largest absolute Gasteiger partial charge is 0.364 e. The van der Waals surface area contributed by atoms with Crippen LogP contribution in [-0.2, 0) is 0 Å². The molecule has 0 bridgehead atoms. The predicted molar refractivity (Wildman–Crippen MR) is 47.4 cm³/mol. The van der Waals surface area contributed by atoms with Crippen molar-refractivity contribution in [3.05, 3.63) is 35.7 Å². The van der Waals surface area contributed by atoms with E-state index in [0.29, 0.717) is 5.69 Å². The van der Waals surface area contributed by atoms with Gasteiger partial charge >= 0.3 is 0 Å². The van der Waals surface area contributed by atoms with Crippen LogP contribution in [0.2, 0.25) is 0 Å². The quantitative estimate of drug-likeness (QED) is 0.669. The van der Waals surface area contributed by atoms with Gasteiger partial charge in [0, 0.05) is 6.08 Å². The smallest absolute Gasteiger partial charge is 0.267 e. The molecule has 0 fully saturated rings. The number of carbonyl (C=O) groups is 1. The van der Waals surface area contributed by atoms with E-state index in [1.54, 1.807) is 12.1 Å². The number of aromatic nitrogens is 1. The summed E-state index contributed by atoms with van der Waals surface area (Å²) in [4.78, 5) is 14.6. The minimum atomic E-state index is -0.577. The number of primary amides is 1. The maximum Gasteiger partial charge on any atom is 0.267 e. The molecule has 0 aliphatic heterocycles. The maximum absolute atomic E-state index is 10.7. The highest BCUT2D eigenvalue weighted by Crippen LogP contribution is 2.00. The lowest BCUT2D eigenvalue weighted by Crippen LogP contribution is -2.13. The molecule has 13 heavy (non-hydrogen) atoms. The van der Waals surface area contributed by atoms with Gasteiger partial charge in [-0.25, -0.2) is 4.98 Å². The Kier molecular flexibility index (Phi) is 2.77. The molecule has 0 atom stereocenters. The molecule has 4 heteroatoms. The molecule has 0 spiro atoms. The number of nitrogens with two attached hydrogens (primary N) is 1. The summed E-state index contributed by atoms with van der Waals surface area (Å²) in [7, 11) is 0. The zero-order valence-corrected chi connectivity index (χ0v) is 6.77. The zero-order valence-electron chi connectivity index (χ0n) is 6.77. The van der Waals surface area contributed by atoms with E-state index >= 15 is 0 Å². The lowest BCUT2D eigenvalue weighted by molar-refractivity contribution is 0.0995. The third-order valence-electron chi connectivity index (χ3n) is 1.35. The van der Waals surface area contributed by atoms with Gasteiger partial charge in [-0.15, -0.1) is 0 Å². The Labute approximate surface area is 75.3 Å². The minimum Gasteiger partial charge on any atom is -0.364 e. The molecule has 2 N–H and O–H groups in total. The fourth-order valence-corrected chi connectivity index (χ4v) is 0.804. The first-order valence-electron chi connectivity index (χ1n) is 3.57. The van der Waals surface area contributed by atoms with E-state index in [2.05, 4.69) is 4.98 Å². The fourth-order valence-electron chi connectivity index (χ4n) is 0.804. The molecule has 0 radical (unpaired) electrons. The van der Waals surface area contributed by atoms with Crippen LogP contribution in [0.1, 0.15) is 16.2 Å². The topological polar surface area (TPSA) is 79.8 Å². The second kappa shape index (κ2) is 4.02. The lowest BCUT2D eigenvalue weighted by Gasteiger charge is -1.95. The van der Waals surface area contributed by atoms with Crippen LogP contribution in [0, 0.1) is 11.3 Å². The second-order valence-electron chi connectivity index (χ2n) is 2.27. The third-order valence-corrected chi connectivity index (χ3v) is 1.35. The molecular weight excluding hydrogens is 166 g/mol. The molecule has 0 aliphatic carbocycles. The number of amides is 1. The molecule has 1 aromatic heterocycles. The highest BCUT2D eigenvalue weighted by molar-refractivity contribution is 5.90. The van der Waals surface area contributed by atoms with Crippen molar-refractivity contribution < 1.29 is 4.79 Å². The molecule has 4 nitrogen and oxygen atoms in total. The summed E-state index contributed by atoms with van der Waals surface area (Å²) >= 11 is 0. The summed E-state index contributed by atoms with van der Waals surface area (Å²) in [5.74, 6) is -0.577. The molecule has 0 saturated heterocycles. The molecule has 0 aromatic carbocycles. The van der Waals surface area contributed by atoms with Gasteiger partial charge in [0.05, 0.1) is 11.8 Å². The van der Waals surface area contributed by atoms with Crippen molar-refractivity contribution in [1.82, 2.24) is 4.98 Å². The van der Waals surface area contributed by atoms with Crippen molar-refractivity contribution in [2.24, 2.45) is 5.73 Å². The van der Waals surface area contributed by atoms with Gasteiger partial charge in [-0.3, -0.25) is 4.79 Å². The van der Waals surface area contributed by atoms with Crippen molar-refractivity contribution in [3.8, 4) is 6.07 Å². The molecule has 1 rings (SSSR count). The van der Waals surface area contributed by atoms with Gasteiger partial charge in [-0.2, -0.15) is 5.26 Å². The molecule has 64 valence electrons. The number of rotatable bonds is 2. The Hall–Kier alpha value is -2.15. The maximum atomic E-state index is 10.7. The summed E-state index contributed by atoms with van der Waals surface area (Å²) in [6.07, 6.45) is 2.79. The Morgan fingerprint density at radius 1 is 1.62 bits per heavy atom. The van der Waals surface area contributed by atoms with Crippen molar-refractivity contribution in [2.75, 3.05) is 0 Å². The zero-order chi connectivity index (χ0) is 9.68. The molecule has 1 heterocycles. The van der Waals surface area contributed by atoms with Crippen LogP contribution in [-0.4, -0.2) is 10.9 Å². The van der Waals surface area contributed by atoms with Gasteiger partial charge in [-0.05, 0) is 18.2 Å². The van der Waals surface area contributed by atoms with E-state index in [1.807, 2.05) is 6.07 Å². The van der Waals surface area contributed by atoms with Crippen LogP contribution in [0.15, 0.2) is 24.3 Å². The predicted octanol–water partition coefficient (Wildman–Crippen LogP) is 0.717. The lowest BCUT2D eigenvalue weighted by atomic mass is 10.3. The van der Waals surface area contributed by atoms with Crippen molar-refractivity contribution >= 4 is 12.0 Å². The van der Waals surface area contributed by atoms with Gasteiger partial charge < -0.3 is 5.73 Å². The van der Waals surface area contributed by atoms with E-state index in [9.17, 15) is 4.79 Å². The van der Waals surface area contributed by atoms with Crippen LogP contribution < -0.4 is 5.73 Å². The SMILES string of the molecule is N#CC=Cc1cccc(C(N)=O)n1. The van der Waals surface area contributed by atoms with Crippen LogP contribution in [0.5, 0.6) is 0 Å². The number of allylic oxidation sites excluding steroid dienone is 1. The Bertz CT molecular complexity index is 390. The van der Waals surface area contributed by atoms with Gasteiger partial charge in [-0.1, -0.05) is 6.07 Å². The first kappa shape index (κ1) is 8.94. The average Bonchev–Trinajstić information content (AvgIpc) is 2.15. The molecule has 1 aromatic rings. The monoisotopic (exact) mass is 173 g/mol. The molecule has 0 saturated carbocycles. The Morgan fingerprint density at radius 3 is 3.00 bits per heavy atom. The van der Waals surface area contributed by atoms with Gasteiger partial charge in [0.2, 0.25) is 0 Å². The number of carbonyl (C=O) groups excluding carboxylic acids is 1. The van der Waals surface area contributed by atoms with Crippen LogP contribution in [0.3, 0.4) is 0 Å². The van der Waals surface area contributed by atoms with E-state index in [-0.39, 0.29) is 5.69 Å². The summed E-state index contributed by atoms with van der Waals surface area (Å²) in [5, 5.41) is 8.25. The van der Waals surface area contributed by atoms with Crippen LogP contribution in [0.25, 0.3) is 6.08 Å². The van der Waals surface area contributed by atoms with Crippen LogP contribution in [0.4, 0.5) is 0 Å². The van der Waals surface area contributed by atoms with Crippen molar-refractivity contribution in [1.29, 1.82) is 5.26 Å². The molecule has 0 aliphatic rings. The van der Waals surface area contributed by atoms with Crippen LogP contribution >= 0.6 is 0 Å². The highest BCUT2D eigenvalue weighted by Gasteiger charge is 2.00. The van der Waals surface area contributed by atoms with E-state index < -0.39 is 5.91 Å². The standard InChI is InChI=1S/C9H7N3O/c10-6-2-4-7-3-1-5-8(12-7)9(11)13/h1-5H,(H2,11,13). The fraction of sp³-hybridized carbons (Fsp3) is 0. The number of nitriles is 1. The van der Waals surface area contributed by atoms with Gasteiger partial charge in [0.1, 0.15) is 5.69 Å². The molecular formula is C9H7N3O. The summed E-state index contributed by atoms with van der Waals surface area (Å²) in [5.41, 5.74) is 5.75. The van der Waals surface area contributed by atoms with E-state index in [0.717, 1.165) is 0 Å². The summed E-state index contributed by atoms with van der Waals surface area (Å²) in [6.45, 7) is 0. The second-order valence-corrected chi connectivity index (χ2v) is 2.27. The number of pyridine rings is 1. The highest BCUT2D eigenvalue weighted by atomic mass is 16.1. The average molecular weight is 173 g/mol. The van der Waals surface area contributed by atoms with Crippen molar-refractivity contribution in [2.45, 2.75) is 0 Å². The molecule has 1 amide bonds. The third kappa shape index (κ3) is 2.42. The number of hydrogen-bond donors (Lipinski definition) is 1. The summed E-state index contributed by atoms with van der Waals surface area (Å²) in [6, 6.07) is 6.69. The van der Waals surface area contributed by atoms with E-state index in [1.165, 1.54) is 18.2 Å². The molecule has 0 unspecified atom stereocenters. The van der Waals surface area contributed by atoms with Crippen molar-refractivity contribution in [3.63, 3.8) is 0 Å². The minimum absolute atomic E-state index is 0.195. The normalized spacial score (nSPS) is 9.77. The van der Waals surface area contributed by atoms with Gasteiger partial charge in [0.25, 0.3) is 5.91 Å². The number of nitrogens with zero attached hydrogens (tertiary/aromatic N) is 2. The summed E-state index contributed by atoms with van der Waals surface area (Å²) < 4.78 is 0. The first-order valence-corrected chi connectivity index (χ1v) is 3.57. The van der Waals surface area contributed by atoms with Gasteiger partial charge in [0.15, 0.2) is 0 Å². The number of hydrogen-bond acceptors (Lipinski definition) is 3. The Balaban J connectivity index is 3.00. The first-order chi connectivity index (χ1) is 6.24. The Morgan fingerprint density at radius 2 is 2.38 bits per heavy atom. The van der Waals surface area contributed by atoms with E-state index in [4.69, 9.17) is 11.0 Å².